The second-order valence-electron chi connectivity index (χ2n) is 10.4. The van der Waals surface area contributed by atoms with Crippen molar-refractivity contribution >= 4 is 40.6 Å². The maximum absolute atomic E-state index is 13.1. The highest BCUT2D eigenvalue weighted by molar-refractivity contribution is 6.30. The highest BCUT2D eigenvalue weighted by Gasteiger charge is 2.39. The molecular weight excluding hydrogens is 577 g/mol. The van der Waals surface area contributed by atoms with Crippen LogP contribution in [0.25, 0.3) is 16.8 Å². The first-order valence-corrected chi connectivity index (χ1v) is 13.6. The summed E-state index contributed by atoms with van der Waals surface area (Å²) >= 11 is 6.61. The predicted molar refractivity (Wildman–Crippen MR) is 147 cm³/mol. The zero-order valence-electron chi connectivity index (χ0n) is 22.6. The van der Waals surface area contributed by atoms with Gasteiger partial charge in [0.2, 0.25) is 5.91 Å². The highest BCUT2D eigenvalue weighted by Crippen LogP contribution is 2.41. The van der Waals surface area contributed by atoms with Gasteiger partial charge in [-0.25, -0.2) is 9.97 Å². The zero-order chi connectivity index (χ0) is 29.9. The molecule has 11 nitrogen and oxygen atoms in total. The third-order valence-electron chi connectivity index (χ3n) is 7.88. The van der Waals surface area contributed by atoms with E-state index in [0.29, 0.717) is 45.4 Å². The molecule has 2 amide bonds. The quantitative estimate of drug-likeness (QED) is 0.343. The lowest BCUT2D eigenvalue weighted by atomic mass is 9.92. The van der Waals surface area contributed by atoms with E-state index in [1.165, 1.54) is 25.4 Å². The molecule has 2 aliphatic rings. The summed E-state index contributed by atoms with van der Waals surface area (Å²) in [7, 11) is 2.56. The molecule has 5 heterocycles. The fraction of sp³-hybridized carbons (Fsp3) is 0.370. The molecule has 42 heavy (non-hydrogen) atoms. The molecule has 4 aromatic rings. The molecule has 0 spiro atoms. The van der Waals surface area contributed by atoms with Crippen LogP contribution in [0.3, 0.4) is 0 Å². The average Bonchev–Trinajstić information content (AvgIpc) is 3.65. The van der Waals surface area contributed by atoms with Crippen LogP contribution < -0.4 is 15.8 Å². The number of nitrogens with two attached hydrogens (primary N) is 1. The number of nitrogen functional groups attached to an aromatic ring is 1. The summed E-state index contributed by atoms with van der Waals surface area (Å²) < 4.78 is 47.4. The number of imidazole rings is 1. The molecule has 2 atom stereocenters. The van der Waals surface area contributed by atoms with E-state index in [-0.39, 0.29) is 40.8 Å². The summed E-state index contributed by atoms with van der Waals surface area (Å²) in [5, 5.41) is 6.43. The molecule has 0 aliphatic carbocycles. The van der Waals surface area contributed by atoms with Crippen molar-refractivity contribution in [3.8, 4) is 17.0 Å². The summed E-state index contributed by atoms with van der Waals surface area (Å²) in [4.78, 5) is 36.5. The monoisotopic (exact) mass is 602 g/mol. The van der Waals surface area contributed by atoms with E-state index in [2.05, 4.69) is 15.4 Å². The van der Waals surface area contributed by atoms with Crippen molar-refractivity contribution in [2.24, 2.45) is 7.05 Å². The van der Waals surface area contributed by atoms with E-state index < -0.39 is 17.8 Å². The number of nitrogens with zero attached hydrogens (tertiary/aromatic N) is 6. The number of hydrogen-bond donors (Lipinski definition) is 2. The third-order valence-corrected chi connectivity index (χ3v) is 8.15. The summed E-state index contributed by atoms with van der Waals surface area (Å²) in [5.74, 6) is 0.189. The molecule has 0 saturated carbocycles. The van der Waals surface area contributed by atoms with Crippen LogP contribution in [0.1, 0.15) is 53.5 Å². The predicted octanol–water partition coefficient (Wildman–Crippen LogP) is 4.51. The summed E-state index contributed by atoms with van der Waals surface area (Å²) in [6, 6.07) is 5.55. The van der Waals surface area contributed by atoms with Crippen molar-refractivity contribution in [3.05, 3.63) is 52.7 Å². The van der Waals surface area contributed by atoms with Gasteiger partial charge < -0.3 is 20.7 Å². The Morgan fingerprint density at radius 2 is 2.00 bits per heavy atom. The Kier molecular flexibility index (Phi) is 6.75. The summed E-state index contributed by atoms with van der Waals surface area (Å²) in [6.07, 6.45) is -0.109. The lowest BCUT2D eigenvalue weighted by Gasteiger charge is -2.34. The molecule has 1 aromatic carbocycles. The number of aromatic nitrogens is 5. The molecule has 2 saturated heterocycles. The SMILES string of the molecule is COc1cc(C(=O)Nc2cc(C(F)(F)F)n(C)n2)ccc1-c1nc(C2CCC3CCC(=O)N3C2)n2c(Cl)cnc(N)c12. The Balaban J connectivity index is 1.37. The standard InChI is InChI=1S/C27H26ClF3N8O3/c1-37-18(27(29,30)31)10-20(36-37)34-26(41)13-4-7-16(17(9-13)42-2)22-23-24(32)33-11-19(28)39(23)25(35-22)14-3-5-15-6-8-21(40)38(15)12-14/h4,7,9-11,14-15H,3,5-6,8,12H2,1-2H3,(H2,32,33)(H,34,36,41). The van der Waals surface area contributed by atoms with Gasteiger partial charge in [-0.3, -0.25) is 18.7 Å². The van der Waals surface area contributed by atoms with Crippen LogP contribution in [0.5, 0.6) is 5.75 Å². The van der Waals surface area contributed by atoms with E-state index in [1.54, 1.807) is 10.5 Å². The number of carbonyl (C=O) groups is 2. The van der Waals surface area contributed by atoms with Crippen LogP contribution >= 0.6 is 11.6 Å². The van der Waals surface area contributed by atoms with Gasteiger partial charge in [-0.05, 0) is 37.5 Å². The molecule has 2 unspecified atom stereocenters. The molecule has 3 N–H and O–H groups in total. The lowest BCUT2D eigenvalue weighted by Crippen LogP contribution is -2.41. The molecule has 2 aliphatic heterocycles. The topological polar surface area (TPSA) is 133 Å². The van der Waals surface area contributed by atoms with Crippen LogP contribution in [0, 0.1) is 0 Å². The van der Waals surface area contributed by atoms with Crippen molar-refractivity contribution in [3.63, 3.8) is 0 Å². The molecule has 0 bridgehead atoms. The Labute approximate surface area is 242 Å². The number of aryl methyl sites for hydroxylation is 1. The number of halogens is 4. The highest BCUT2D eigenvalue weighted by atomic mass is 35.5. The van der Waals surface area contributed by atoms with Crippen LogP contribution in [0.2, 0.25) is 5.15 Å². The number of anilines is 2. The molecule has 6 rings (SSSR count). The molecule has 15 heteroatoms. The van der Waals surface area contributed by atoms with Crippen molar-refractivity contribution in [2.45, 2.75) is 43.8 Å². The number of rotatable bonds is 5. The number of hydrogen-bond acceptors (Lipinski definition) is 7. The van der Waals surface area contributed by atoms with E-state index in [9.17, 15) is 22.8 Å². The normalized spacial score (nSPS) is 18.9. The van der Waals surface area contributed by atoms with Crippen molar-refractivity contribution < 1.29 is 27.5 Å². The summed E-state index contributed by atoms with van der Waals surface area (Å²) in [5.41, 5.74) is 6.82. The van der Waals surface area contributed by atoms with Crippen molar-refractivity contribution in [1.29, 1.82) is 0 Å². The Morgan fingerprint density at radius 1 is 1.21 bits per heavy atom. The number of amides is 2. The molecular formula is C27H26ClF3N8O3. The second kappa shape index (κ2) is 10.2. The smallest absolute Gasteiger partial charge is 0.433 e. The van der Waals surface area contributed by atoms with Gasteiger partial charge in [-0.2, -0.15) is 18.3 Å². The van der Waals surface area contributed by atoms with Crippen LogP contribution in [-0.2, 0) is 18.0 Å². The minimum Gasteiger partial charge on any atom is -0.496 e. The van der Waals surface area contributed by atoms with Gasteiger partial charge in [0.05, 0.1) is 13.3 Å². The minimum absolute atomic E-state index is 0.0974. The van der Waals surface area contributed by atoms with Gasteiger partial charge in [0.1, 0.15) is 39.4 Å². The minimum atomic E-state index is -4.62. The van der Waals surface area contributed by atoms with Crippen LogP contribution in [-0.4, -0.2) is 60.6 Å². The fourth-order valence-corrected chi connectivity index (χ4v) is 6.10. The summed E-state index contributed by atoms with van der Waals surface area (Å²) in [6.45, 7) is 0.514. The maximum Gasteiger partial charge on any atom is 0.433 e. The van der Waals surface area contributed by atoms with Crippen molar-refractivity contribution in [2.75, 3.05) is 24.7 Å². The van der Waals surface area contributed by atoms with Gasteiger partial charge >= 0.3 is 6.18 Å². The Bertz CT molecular complexity index is 1730. The number of carbonyl (C=O) groups excluding carboxylic acids is 2. The first-order valence-electron chi connectivity index (χ1n) is 13.2. The van der Waals surface area contributed by atoms with Gasteiger partial charge in [0.15, 0.2) is 5.82 Å². The van der Waals surface area contributed by atoms with E-state index in [4.69, 9.17) is 27.1 Å². The van der Waals surface area contributed by atoms with Crippen molar-refractivity contribution in [1.82, 2.24) is 29.0 Å². The van der Waals surface area contributed by atoms with Gasteiger partial charge in [0.25, 0.3) is 5.91 Å². The number of methoxy groups -OCH3 is 1. The van der Waals surface area contributed by atoms with Crippen LogP contribution in [0.4, 0.5) is 24.8 Å². The number of nitrogens with one attached hydrogen (secondary N) is 1. The lowest BCUT2D eigenvalue weighted by molar-refractivity contribution is -0.143. The Morgan fingerprint density at radius 3 is 2.71 bits per heavy atom. The van der Waals surface area contributed by atoms with Gasteiger partial charge in [0, 0.05) is 49.2 Å². The molecule has 220 valence electrons. The van der Waals surface area contributed by atoms with E-state index in [1.807, 2.05) is 4.90 Å². The average molecular weight is 603 g/mol. The molecule has 0 radical (unpaired) electrons. The number of fused-ring (bicyclic) bond motifs is 2. The second-order valence-corrected chi connectivity index (χ2v) is 10.8. The van der Waals surface area contributed by atoms with Gasteiger partial charge in [-0.1, -0.05) is 11.6 Å². The largest absolute Gasteiger partial charge is 0.496 e. The first-order chi connectivity index (χ1) is 20.0. The van der Waals surface area contributed by atoms with Crippen LogP contribution in [0.15, 0.2) is 30.5 Å². The van der Waals surface area contributed by atoms with E-state index >= 15 is 0 Å². The number of piperidine rings is 1. The first kappa shape index (κ1) is 27.8. The zero-order valence-corrected chi connectivity index (χ0v) is 23.3. The van der Waals surface area contributed by atoms with Gasteiger partial charge in [-0.15, -0.1) is 0 Å². The third kappa shape index (κ3) is 4.68. The maximum atomic E-state index is 13.1. The number of alkyl halides is 3. The Hall–Kier alpha value is -4.33. The number of benzene rings is 1. The molecule has 3 aromatic heterocycles. The molecule has 2 fully saturated rings. The number of ether oxygens (including phenoxy) is 1. The van der Waals surface area contributed by atoms with E-state index in [0.717, 1.165) is 32.4 Å². The fourth-order valence-electron chi connectivity index (χ4n) is 5.88.